The molecule has 0 spiro atoms. The number of hydrogen-bond acceptors (Lipinski definition) is 3. The molecule has 1 amide bonds. The molecule has 21 heavy (non-hydrogen) atoms. The van der Waals surface area contributed by atoms with Crippen LogP contribution in [0, 0.1) is 20.8 Å². The molecule has 3 rings (SSSR count). The van der Waals surface area contributed by atoms with Crippen molar-refractivity contribution in [3.8, 4) is 0 Å². The SMILES string of the molecule is CCc1nc(NC(=O)c2cc(C)n(C3CC3)c2C)sc1C. The number of nitrogens with zero attached hydrogens (tertiary/aromatic N) is 2. The second-order valence-corrected chi connectivity index (χ2v) is 6.92. The third-order valence-corrected chi connectivity index (χ3v) is 5.02. The molecule has 0 aromatic carbocycles. The summed E-state index contributed by atoms with van der Waals surface area (Å²) < 4.78 is 2.29. The Kier molecular flexibility index (Phi) is 3.61. The standard InChI is InChI=1S/C16H21N3OS/c1-5-14-11(4)21-16(17-14)18-15(20)13-8-9(2)19(10(13)3)12-6-7-12/h8,12H,5-7H2,1-4H3,(H,17,18,20). The van der Waals surface area contributed by atoms with Gasteiger partial charge in [0, 0.05) is 22.3 Å². The van der Waals surface area contributed by atoms with Gasteiger partial charge in [0.05, 0.1) is 11.3 Å². The summed E-state index contributed by atoms with van der Waals surface area (Å²) in [7, 11) is 0. The molecule has 5 heteroatoms. The summed E-state index contributed by atoms with van der Waals surface area (Å²) >= 11 is 1.55. The van der Waals surface area contributed by atoms with Gasteiger partial charge in [-0.25, -0.2) is 4.98 Å². The highest BCUT2D eigenvalue weighted by atomic mass is 32.1. The van der Waals surface area contributed by atoms with E-state index in [1.807, 2.05) is 19.9 Å². The van der Waals surface area contributed by atoms with Crippen LogP contribution in [0.1, 0.15) is 58.1 Å². The molecule has 2 heterocycles. The third kappa shape index (κ3) is 2.62. The van der Waals surface area contributed by atoms with Crippen molar-refractivity contribution in [3.05, 3.63) is 33.6 Å². The minimum absolute atomic E-state index is 0.0496. The molecular weight excluding hydrogens is 282 g/mol. The van der Waals surface area contributed by atoms with Crippen molar-refractivity contribution in [2.75, 3.05) is 5.32 Å². The summed E-state index contributed by atoms with van der Waals surface area (Å²) in [6.07, 6.45) is 3.35. The Morgan fingerprint density at radius 3 is 2.71 bits per heavy atom. The Morgan fingerprint density at radius 1 is 1.43 bits per heavy atom. The van der Waals surface area contributed by atoms with Gasteiger partial charge in [0.25, 0.3) is 5.91 Å². The van der Waals surface area contributed by atoms with Gasteiger partial charge >= 0.3 is 0 Å². The van der Waals surface area contributed by atoms with E-state index in [9.17, 15) is 4.79 Å². The predicted octanol–water partition coefficient (Wildman–Crippen LogP) is 4.02. The van der Waals surface area contributed by atoms with Gasteiger partial charge in [0.1, 0.15) is 0 Å². The Labute approximate surface area is 129 Å². The molecule has 0 aliphatic heterocycles. The molecule has 0 bridgehead atoms. The topological polar surface area (TPSA) is 46.9 Å². The first-order chi connectivity index (χ1) is 10.0. The van der Waals surface area contributed by atoms with Gasteiger partial charge in [0.2, 0.25) is 0 Å². The quantitative estimate of drug-likeness (QED) is 0.927. The fraction of sp³-hybridized carbons (Fsp3) is 0.500. The van der Waals surface area contributed by atoms with Crippen molar-refractivity contribution < 1.29 is 4.79 Å². The van der Waals surface area contributed by atoms with Gasteiger partial charge in [-0.3, -0.25) is 10.1 Å². The Hall–Kier alpha value is -1.62. The van der Waals surface area contributed by atoms with Crippen molar-refractivity contribution >= 4 is 22.4 Å². The number of amides is 1. The summed E-state index contributed by atoms with van der Waals surface area (Å²) in [6, 6.07) is 2.59. The molecule has 1 aliphatic rings. The monoisotopic (exact) mass is 303 g/mol. The summed E-state index contributed by atoms with van der Waals surface area (Å²) in [6.45, 7) is 8.23. The van der Waals surface area contributed by atoms with E-state index in [-0.39, 0.29) is 5.91 Å². The zero-order chi connectivity index (χ0) is 15.1. The predicted molar refractivity (Wildman–Crippen MR) is 86.4 cm³/mol. The normalized spacial score (nSPS) is 14.5. The summed E-state index contributed by atoms with van der Waals surface area (Å²) in [4.78, 5) is 18.2. The molecule has 0 saturated heterocycles. The Bertz CT molecular complexity index is 695. The Morgan fingerprint density at radius 2 is 2.14 bits per heavy atom. The first-order valence-corrected chi connectivity index (χ1v) is 8.29. The van der Waals surface area contributed by atoms with E-state index < -0.39 is 0 Å². The van der Waals surface area contributed by atoms with Crippen LogP contribution < -0.4 is 5.32 Å². The van der Waals surface area contributed by atoms with Crippen LogP contribution in [0.15, 0.2) is 6.07 Å². The number of nitrogens with one attached hydrogen (secondary N) is 1. The number of aromatic nitrogens is 2. The van der Waals surface area contributed by atoms with Crippen LogP contribution >= 0.6 is 11.3 Å². The molecule has 0 unspecified atom stereocenters. The van der Waals surface area contributed by atoms with Crippen LogP contribution in [-0.2, 0) is 6.42 Å². The number of thiazole rings is 1. The molecule has 0 radical (unpaired) electrons. The lowest BCUT2D eigenvalue weighted by Gasteiger charge is -2.07. The maximum Gasteiger partial charge on any atom is 0.259 e. The summed E-state index contributed by atoms with van der Waals surface area (Å²) in [5.41, 5.74) is 4.07. The lowest BCUT2D eigenvalue weighted by molar-refractivity contribution is 0.102. The number of anilines is 1. The average molecular weight is 303 g/mol. The van der Waals surface area contributed by atoms with Crippen molar-refractivity contribution in [3.63, 3.8) is 0 Å². The van der Waals surface area contributed by atoms with Gasteiger partial charge < -0.3 is 4.57 Å². The maximum absolute atomic E-state index is 12.5. The number of hydrogen-bond donors (Lipinski definition) is 1. The first-order valence-electron chi connectivity index (χ1n) is 7.47. The minimum Gasteiger partial charge on any atom is -0.345 e. The van der Waals surface area contributed by atoms with Gasteiger partial charge in [-0.15, -0.1) is 11.3 Å². The largest absolute Gasteiger partial charge is 0.345 e. The molecular formula is C16H21N3OS. The zero-order valence-electron chi connectivity index (χ0n) is 13.0. The number of carbonyl (C=O) groups excluding carboxylic acids is 1. The van der Waals surface area contributed by atoms with Gasteiger partial charge in [0.15, 0.2) is 5.13 Å². The van der Waals surface area contributed by atoms with Crippen molar-refractivity contribution in [2.24, 2.45) is 0 Å². The van der Waals surface area contributed by atoms with Crippen LogP contribution in [0.5, 0.6) is 0 Å². The highest BCUT2D eigenvalue weighted by Gasteiger charge is 2.28. The van der Waals surface area contributed by atoms with Gasteiger partial charge in [-0.2, -0.15) is 0 Å². The molecule has 1 saturated carbocycles. The Balaban J connectivity index is 1.83. The van der Waals surface area contributed by atoms with Crippen LogP contribution in [0.2, 0.25) is 0 Å². The molecule has 0 atom stereocenters. The molecule has 2 aromatic heterocycles. The summed E-state index contributed by atoms with van der Waals surface area (Å²) in [5.74, 6) is -0.0496. The van der Waals surface area contributed by atoms with Crippen LogP contribution in [0.4, 0.5) is 5.13 Å². The van der Waals surface area contributed by atoms with Crippen LogP contribution in [-0.4, -0.2) is 15.5 Å². The minimum atomic E-state index is -0.0496. The number of carbonyl (C=O) groups is 1. The molecule has 4 nitrogen and oxygen atoms in total. The highest BCUT2D eigenvalue weighted by Crippen LogP contribution is 2.38. The fourth-order valence-corrected chi connectivity index (χ4v) is 3.77. The van der Waals surface area contributed by atoms with E-state index in [0.717, 1.165) is 23.4 Å². The maximum atomic E-state index is 12.5. The van der Waals surface area contributed by atoms with E-state index in [0.29, 0.717) is 11.2 Å². The molecule has 112 valence electrons. The molecule has 1 aliphatic carbocycles. The average Bonchev–Trinajstić information content (AvgIpc) is 3.13. The van der Waals surface area contributed by atoms with Crippen molar-refractivity contribution in [2.45, 2.75) is 53.0 Å². The fourth-order valence-electron chi connectivity index (χ4n) is 2.88. The van der Waals surface area contributed by atoms with E-state index in [4.69, 9.17) is 0 Å². The van der Waals surface area contributed by atoms with E-state index in [1.165, 1.54) is 23.4 Å². The second-order valence-electron chi connectivity index (χ2n) is 5.72. The lowest BCUT2D eigenvalue weighted by Crippen LogP contribution is -2.13. The second kappa shape index (κ2) is 5.30. The number of aryl methyl sites for hydroxylation is 3. The number of rotatable bonds is 4. The molecule has 2 aromatic rings. The third-order valence-electron chi connectivity index (χ3n) is 4.09. The van der Waals surface area contributed by atoms with Gasteiger partial charge in [-0.1, -0.05) is 6.92 Å². The molecule has 1 fully saturated rings. The van der Waals surface area contributed by atoms with Crippen molar-refractivity contribution in [1.29, 1.82) is 0 Å². The van der Waals surface area contributed by atoms with E-state index in [1.54, 1.807) is 11.3 Å². The van der Waals surface area contributed by atoms with Crippen LogP contribution in [0.25, 0.3) is 0 Å². The molecule has 1 N–H and O–H groups in total. The smallest absolute Gasteiger partial charge is 0.259 e. The van der Waals surface area contributed by atoms with Crippen LogP contribution in [0.3, 0.4) is 0 Å². The highest BCUT2D eigenvalue weighted by molar-refractivity contribution is 7.15. The van der Waals surface area contributed by atoms with E-state index in [2.05, 4.69) is 28.7 Å². The van der Waals surface area contributed by atoms with Crippen molar-refractivity contribution in [1.82, 2.24) is 9.55 Å². The summed E-state index contributed by atoms with van der Waals surface area (Å²) in [5, 5.41) is 3.65. The lowest BCUT2D eigenvalue weighted by atomic mass is 10.2. The van der Waals surface area contributed by atoms with E-state index >= 15 is 0 Å². The zero-order valence-corrected chi connectivity index (χ0v) is 13.8. The first kappa shape index (κ1) is 14.3. The van der Waals surface area contributed by atoms with Gasteiger partial charge in [-0.05, 0) is 46.1 Å².